The first-order valence-corrected chi connectivity index (χ1v) is 8.31. The minimum Gasteiger partial charge on any atom is -0.368 e. The Balaban J connectivity index is 1.93. The Morgan fingerprint density at radius 1 is 1.25 bits per heavy atom. The van der Waals surface area contributed by atoms with Crippen LogP contribution in [0.1, 0.15) is 10.8 Å². The number of nitrogens with zero attached hydrogens (tertiary/aromatic N) is 2. The van der Waals surface area contributed by atoms with Crippen molar-refractivity contribution < 1.29 is 9.18 Å². The number of aromatic nitrogens is 2. The third kappa shape index (κ3) is 3.60. The molecule has 1 aromatic heterocycles. The summed E-state index contributed by atoms with van der Waals surface area (Å²) in [6, 6.07) is 13.0. The first-order chi connectivity index (χ1) is 11.5. The van der Waals surface area contributed by atoms with Crippen molar-refractivity contribution in [2.24, 2.45) is 5.73 Å². The second-order valence-electron chi connectivity index (χ2n) is 5.01. The van der Waals surface area contributed by atoms with E-state index in [1.165, 1.54) is 23.9 Å². The molecular weight excluding hydrogens is 349 g/mol. The molecule has 122 valence electrons. The lowest BCUT2D eigenvalue weighted by molar-refractivity contribution is -0.117. The van der Waals surface area contributed by atoms with Gasteiger partial charge in [0, 0.05) is 23.1 Å². The SMILES string of the molecule is NC(=O)C(Sc1nccn1-c1cccc(Cl)c1)c1ccc(F)cc1. The Hall–Kier alpha value is -2.31. The van der Waals surface area contributed by atoms with Gasteiger partial charge in [0.25, 0.3) is 0 Å². The molecule has 1 heterocycles. The summed E-state index contributed by atoms with van der Waals surface area (Å²) in [7, 11) is 0. The molecule has 2 aromatic carbocycles. The maximum Gasteiger partial charge on any atom is 0.235 e. The maximum absolute atomic E-state index is 13.1. The second-order valence-corrected chi connectivity index (χ2v) is 6.52. The quantitative estimate of drug-likeness (QED) is 0.699. The molecule has 3 rings (SSSR count). The predicted molar refractivity (Wildman–Crippen MR) is 92.8 cm³/mol. The van der Waals surface area contributed by atoms with Crippen molar-refractivity contribution in [1.29, 1.82) is 0 Å². The highest BCUT2D eigenvalue weighted by Gasteiger charge is 2.22. The zero-order chi connectivity index (χ0) is 17.1. The molecule has 2 N–H and O–H groups in total. The number of nitrogens with two attached hydrogens (primary N) is 1. The first-order valence-electron chi connectivity index (χ1n) is 7.05. The van der Waals surface area contributed by atoms with Crippen molar-refractivity contribution in [1.82, 2.24) is 9.55 Å². The highest BCUT2D eigenvalue weighted by molar-refractivity contribution is 8.00. The van der Waals surface area contributed by atoms with E-state index >= 15 is 0 Å². The van der Waals surface area contributed by atoms with Crippen molar-refractivity contribution in [2.45, 2.75) is 10.4 Å². The predicted octanol–water partition coefficient (Wildman–Crippen LogP) is 3.98. The number of imidazole rings is 1. The molecule has 3 aromatic rings. The normalized spacial score (nSPS) is 12.1. The van der Waals surface area contributed by atoms with E-state index in [9.17, 15) is 9.18 Å². The van der Waals surface area contributed by atoms with E-state index in [4.69, 9.17) is 17.3 Å². The topological polar surface area (TPSA) is 60.9 Å². The average molecular weight is 362 g/mol. The van der Waals surface area contributed by atoms with Crippen LogP contribution in [-0.4, -0.2) is 15.5 Å². The summed E-state index contributed by atoms with van der Waals surface area (Å²) < 4.78 is 14.9. The molecule has 0 spiro atoms. The van der Waals surface area contributed by atoms with Crippen LogP contribution in [0.4, 0.5) is 4.39 Å². The Bertz CT molecular complexity index is 866. The smallest absolute Gasteiger partial charge is 0.235 e. The summed E-state index contributed by atoms with van der Waals surface area (Å²) in [5.74, 6) is -0.889. The highest BCUT2D eigenvalue weighted by atomic mass is 35.5. The number of carbonyl (C=O) groups excluding carboxylic acids is 1. The molecule has 0 radical (unpaired) electrons. The van der Waals surface area contributed by atoms with Crippen LogP contribution in [0.25, 0.3) is 5.69 Å². The fourth-order valence-corrected chi connectivity index (χ4v) is 3.44. The molecule has 1 amide bonds. The lowest BCUT2D eigenvalue weighted by Crippen LogP contribution is -2.19. The molecule has 24 heavy (non-hydrogen) atoms. The number of hydrogen-bond acceptors (Lipinski definition) is 3. The minimum atomic E-state index is -0.675. The van der Waals surface area contributed by atoms with E-state index < -0.39 is 11.2 Å². The monoisotopic (exact) mass is 361 g/mol. The largest absolute Gasteiger partial charge is 0.368 e. The standard InChI is InChI=1S/C17H13ClFN3OS/c18-12-2-1-3-14(10-12)22-9-8-21-17(22)24-15(16(20)23)11-4-6-13(19)7-5-11/h1-10,15H,(H2,20,23). The number of primary amides is 1. The summed E-state index contributed by atoms with van der Waals surface area (Å²) in [6.45, 7) is 0. The molecule has 0 saturated carbocycles. The van der Waals surface area contributed by atoms with E-state index in [-0.39, 0.29) is 5.82 Å². The molecule has 0 fully saturated rings. The Kier molecular flexibility index (Phi) is 4.87. The van der Waals surface area contributed by atoms with Gasteiger partial charge in [-0.05, 0) is 35.9 Å². The minimum absolute atomic E-state index is 0.368. The summed E-state index contributed by atoms with van der Waals surface area (Å²) in [4.78, 5) is 16.2. The number of benzene rings is 2. The fraction of sp³-hybridized carbons (Fsp3) is 0.0588. The number of thioether (sulfide) groups is 1. The molecule has 4 nitrogen and oxygen atoms in total. The molecule has 0 bridgehead atoms. The highest BCUT2D eigenvalue weighted by Crippen LogP contribution is 2.35. The zero-order valence-electron chi connectivity index (χ0n) is 12.4. The zero-order valence-corrected chi connectivity index (χ0v) is 14.0. The lowest BCUT2D eigenvalue weighted by atomic mass is 10.1. The van der Waals surface area contributed by atoms with Crippen LogP contribution < -0.4 is 5.73 Å². The Morgan fingerprint density at radius 3 is 2.67 bits per heavy atom. The Morgan fingerprint density at radius 2 is 2.00 bits per heavy atom. The van der Waals surface area contributed by atoms with Gasteiger partial charge in [-0.25, -0.2) is 9.37 Å². The van der Waals surface area contributed by atoms with Crippen LogP contribution in [-0.2, 0) is 4.79 Å². The van der Waals surface area contributed by atoms with Crippen LogP contribution in [0, 0.1) is 5.82 Å². The number of amides is 1. The van der Waals surface area contributed by atoms with Crippen molar-refractivity contribution in [3.63, 3.8) is 0 Å². The van der Waals surface area contributed by atoms with Gasteiger partial charge in [-0.2, -0.15) is 0 Å². The van der Waals surface area contributed by atoms with Crippen LogP contribution in [0.15, 0.2) is 66.1 Å². The second kappa shape index (κ2) is 7.07. The molecule has 0 aliphatic heterocycles. The van der Waals surface area contributed by atoms with E-state index in [0.717, 1.165) is 5.69 Å². The number of hydrogen-bond donors (Lipinski definition) is 1. The summed E-state index contributed by atoms with van der Waals surface area (Å²) in [5.41, 5.74) is 6.97. The van der Waals surface area contributed by atoms with Crippen LogP contribution >= 0.6 is 23.4 Å². The third-order valence-corrected chi connectivity index (χ3v) is 4.84. The van der Waals surface area contributed by atoms with Gasteiger partial charge in [-0.3, -0.25) is 9.36 Å². The molecule has 1 atom stereocenters. The van der Waals surface area contributed by atoms with Gasteiger partial charge in [0.2, 0.25) is 5.91 Å². The van der Waals surface area contributed by atoms with Gasteiger partial charge >= 0.3 is 0 Å². The number of carbonyl (C=O) groups is 1. The summed E-state index contributed by atoms with van der Waals surface area (Å²) in [6.07, 6.45) is 3.41. The first kappa shape index (κ1) is 16.5. The van der Waals surface area contributed by atoms with E-state index in [1.807, 2.05) is 16.7 Å². The van der Waals surface area contributed by atoms with Crippen molar-refractivity contribution >= 4 is 29.3 Å². The molecule has 1 unspecified atom stereocenters. The molecular formula is C17H13ClFN3OS. The molecule has 0 aliphatic rings. The van der Waals surface area contributed by atoms with E-state index in [2.05, 4.69) is 4.98 Å². The van der Waals surface area contributed by atoms with Gasteiger partial charge in [-0.1, -0.05) is 41.6 Å². The average Bonchev–Trinajstić information content (AvgIpc) is 3.02. The lowest BCUT2D eigenvalue weighted by Gasteiger charge is -2.14. The van der Waals surface area contributed by atoms with E-state index in [1.54, 1.807) is 36.7 Å². The van der Waals surface area contributed by atoms with Crippen molar-refractivity contribution in [3.8, 4) is 5.69 Å². The van der Waals surface area contributed by atoms with Crippen LogP contribution in [0.5, 0.6) is 0 Å². The Labute approximate surface area is 147 Å². The van der Waals surface area contributed by atoms with Gasteiger partial charge in [-0.15, -0.1) is 0 Å². The molecule has 0 saturated heterocycles. The summed E-state index contributed by atoms with van der Waals surface area (Å²) in [5, 5.41) is 0.512. The van der Waals surface area contributed by atoms with Crippen molar-refractivity contribution in [3.05, 3.63) is 77.3 Å². The number of rotatable bonds is 5. The van der Waals surface area contributed by atoms with Gasteiger partial charge < -0.3 is 5.73 Å². The third-order valence-electron chi connectivity index (χ3n) is 3.35. The summed E-state index contributed by atoms with van der Waals surface area (Å²) >= 11 is 7.23. The molecule has 7 heteroatoms. The van der Waals surface area contributed by atoms with Gasteiger partial charge in [0.1, 0.15) is 11.1 Å². The van der Waals surface area contributed by atoms with Crippen LogP contribution in [0.2, 0.25) is 5.02 Å². The van der Waals surface area contributed by atoms with Gasteiger partial charge in [0.15, 0.2) is 5.16 Å². The van der Waals surface area contributed by atoms with Gasteiger partial charge in [0.05, 0.1) is 0 Å². The fourth-order valence-electron chi connectivity index (χ4n) is 2.23. The molecule has 0 aliphatic carbocycles. The number of halogens is 2. The van der Waals surface area contributed by atoms with Crippen LogP contribution in [0.3, 0.4) is 0 Å². The maximum atomic E-state index is 13.1. The van der Waals surface area contributed by atoms with E-state index in [0.29, 0.717) is 15.7 Å². The van der Waals surface area contributed by atoms with Crippen molar-refractivity contribution in [2.75, 3.05) is 0 Å².